The van der Waals surface area contributed by atoms with Gasteiger partial charge in [-0.1, -0.05) is 46.3 Å². The lowest BCUT2D eigenvalue weighted by molar-refractivity contribution is -0.117. The van der Waals surface area contributed by atoms with Gasteiger partial charge >= 0.3 is 5.97 Å². The van der Waals surface area contributed by atoms with Crippen molar-refractivity contribution in [1.29, 1.82) is 0 Å². The number of anilines is 1. The zero-order valence-electron chi connectivity index (χ0n) is 14.1. The Hall–Kier alpha value is -2.60. The van der Waals surface area contributed by atoms with Crippen molar-refractivity contribution in [3.8, 4) is 0 Å². The van der Waals surface area contributed by atoms with Crippen LogP contribution < -0.4 is 5.32 Å². The van der Waals surface area contributed by atoms with Gasteiger partial charge in [0.1, 0.15) is 5.69 Å². The molecule has 2 atom stereocenters. The van der Waals surface area contributed by atoms with E-state index in [1.54, 1.807) is 0 Å². The molecule has 1 heterocycles. The molecule has 1 aliphatic rings. The molecule has 1 aliphatic carbocycles. The number of hydrogen-bond acceptors (Lipinski definition) is 3. The fraction of sp³-hybridized carbons (Fsp3) is 0.200. The van der Waals surface area contributed by atoms with Gasteiger partial charge in [-0.05, 0) is 36.1 Å². The highest BCUT2D eigenvalue weighted by Gasteiger charge is 2.44. The molecule has 0 radical (unpaired) electrons. The van der Waals surface area contributed by atoms with Crippen LogP contribution in [0.15, 0.2) is 53.0 Å². The highest BCUT2D eigenvalue weighted by molar-refractivity contribution is 9.10. The summed E-state index contributed by atoms with van der Waals surface area (Å²) >= 11 is 3.43. The van der Waals surface area contributed by atoms with Gasteiger partial charge in [0, 0.05) is 21.3 Å². The van der Waals surface area contributed by atoms with Gasteiger partial charge in [-0.2, -0.15) is 0 Å². The van der Waals surface area contributed by atoms with Gasteiger partial charge in [0.25, 0.3) is 0 Å². The van der Waals surface area contributed by atoms with E-state index >= 15 is 0 Å². The molecular weight excluding hydrogens is 396 g/mol. The first-order chi connectivity index (χ1) is 12.6. The summed E-state index contributed by atoms with van der Waals surface area (Å²) in [7, 11) is 1.32. The van der Waals surface area contributed by atoms with Crippen molar-refractivity contribution >= 4 is 44.4 Å². The van der Waals surface area contributed by atoms with Crippen LogP contribution in [-0.2, 0) is 9.53 Å². The number of rotatable bonds is 4. The Morgan fingerprint density at radius 2 is 1.96 bits per heavy atom. The van der Waals surface area contributed by atoms with Crippen LogP contribution in [0.25, 0.3) is 10.9 Å². The number of benzene rings is 2. The summed E-state index contributed by atoms with van der Waals surface area (Å²) in [6.45, 7) is 0. The van der Waals surface area contributed by atoms with Crippen LogP contribution >= 0.6 is 15.9 Å². The van der Waals surface area contributed by atoms with Gasteiger partial charge in [0.05, 0.1) is 12.8 Å². The molecule has 0 aliphatic heterocycles. The number of halogens is 1. The van der Waals surface area contributed by atoms with Crippen LogP contribution in [0.2, 0.25) is 0 Å². The fourth-order valence-electron chi connectivity index (χ4n) is 3.32. The number of ether oxygens (including phenoxy) is 1. The maximum atomic E-state index is 12.8. The van der Waals surface area contributed by atoms with E-state index in [2.05, 4.69) is 26.2 Å². The number of carbonyl (C=O) groups excluding carboxylic acids is 2. The smallest absolute Gasteiger partial charge is 0.356 e. The first-order valence-electron chi connectivity index (χ1n) is 8.34. The van der Waals surface area contributed by atoms with Gasteiger partial charge in [-0.3, -0.25) is 4.79 Å². The van der Waals surface area contributed by atoms with E-state index in [4.69, 9.17) is 4.74 Å². The molecule has 6 heteroatoms. The number of aromatic nitrogens is 1. The highest BCUT2D eigenvalue weighted by atomic mass is 79.9. The van der Waals surface area contributed by atoms with Crippen LogP contribution in [0, 0.1) is 5.92 Å². The van der Waals surface area contributed by atoms with Crippen molar-refractivity contribution in [1.82, 2.24) is 4.98 Å². The number of hydrogen-bond donors (Lipinski definition) is 2. The van der Waals surface area contributed by atoms with Crippen LogP contribution in [0.3, 0.4) is 0 Å². The van der Waals surface area contributed by atoms with E-state index in [-0.39, 0.29) is 23.4 Å². The summed E-state index contributed by atoms with van der Waals surface area (Å²) in [6.07, 6.45) is 0.815. The Balaban J connectivity index is 1.63. The Kier molecular flexibility index (Phi) is 4.28. The van der Waals surface area contributed by atoms with E-state index in [0.717, 1.165) is 21.8 Å². The molecule has 0 bridgehead atoms. The topological polar surface area (TPSA) is 71.2 Å². The third kappa shape index (κ3) is 3.01. The first kappa shape index (κ1) is 16.8. The quantitative estimate of drug-likeness (QED) is 0.621. The Morgan fingerprint density at radius 1 is 1.19 bits per heavy atom. The number of nitrogens with one attached hydrogen (secondary N) is 2. The molecule has 2 N–H and O–H groups in total. The molecule has 5 nitrogen and oxygen atoms in total. The Morgan fingerprint density at radius 3 is 2.69 bits per heavy atom. The maximum absolute atomic E-state index is 12.8. The average Bonchev–Trinajstić information content (AvgIpc) is 3.40. The Bertz CT molecular complexity index is 997. The average molecular weight is 413 g/mol. The molecule has 0 saturated heterocycles. The van der Waals surface area contributed by atoms with Crippen LogP contribution in [0.5, 0.6) is 0 Å². The molecule has 1 saturated carbocycles. The molecule has 1 amide bonds. The molecule has 1 fully saturated rings. The summed E-state index contributed by atoms with van der Waals surface area (Å²) in [5.74, 6) is -0.442. The Labute approximate surface area is 158 Å². The van der Waals surface area contributed by atoms with Gasteiger partial charge < -0.3 is 15.0 Å². The molecule has 4 rings (SSSR count). The molecule has 3 aromatic rings. The van der Waals surface area contributed by atoms with Gasteiger partial charge in [0.15, 0.2) is 0 Å². The van der Waals surface area contributed by atoms with E-state index in [9.17, 15) is 9.59 Å². The van der Waals surface area contributed by atoms with E-state index in [1.165, 1.54) is 12.7 Å². The molecule has 1 aromatic heterocycles. The molecule has 132 valence electrons. The number of carbonyl (C=O) groups is 2. The summed E-state index contributed by atoms with van der Waals surface area (Å²) in [6, 6.07) is 15.6. The van der Waals surface area contributed by atoms with Crippen molar-refractivity contribution in [2.75, 3.05) is 12.4 Å². The van der Waals surface area contributed by atoms with Gasteiger partial charge in [0.2, 0.25) is 5.91 Å². The standard InChI is InChI=1S/C20H17BrN2O3/c1-26-20(25)18-17(15-9-12(21)7-8-16(15)22-18)23-19(24)14-10-13(14)11-5-3-2-4-6-11/h2-9,13-14,22H,10H2,1H3,(H,23,24)/t13-,14-/m1/s1. The zero-order valence-corrected chi connectivity index (χ0v) is 15.7. The maximum Gasteiger partial charge on any atom is 0.356 e. The number of H-pyrrole nitrogens is 1. The molecule has 0 unspecified atom stereocenters. The van der Waals surface area contributed by atoms with Crippen molar-refractivity contribution in [3.63, 3.8) is 0 Å². The van der Waals surface area contributed by atoms with Crippen molar-refractivity contribution in [3.05, 3.63) is 64.3 Å². The third-order valence-electron chi connectivity index (χ3n) is 4.75. The second-order valence-corrected chi connectivity index (χ2v) is 7.32. The van der Waals surface area contributed by atoms with Crippen LogP contribution in [-0.4, -0.2) is 24.0 Å². The lowest BCUT2D eigenvalue weighted by Gasteiger charge is -2.07. The number of esters is 1. The summed E-state index contributed by atoms with van der Waals surface area (Å²) < 4.78 is 5.72. The van der Waals surface area contributed by atoms with Crippen molar-refractivity contribution < 1.29 is 14.3 Å². The van der Waals surface area contributed by atoms with Gasteiger partial charge in [-0.15, -0.1) is 0 Å². The van der Waals surface area contributed by atoms with E-state index in [1.807, 2.05) is 48.5 Å². The lowest BCUT2D eigenvalue weighted by atomic mass is 10.1. The SMILES string of the molecule is COC(=O)c1[nH]c2ccc(Br)cc2c1NC(=O)[C@@H]1C[C@@H]1c1ccccc1. The number of fused-ring (bicyclic) bond motifs is 1. The minimum absolute atomic E-state index is 0.0788. The minimum Gasteiger partial charge on any atom is -0.464 e. The molecule has 0 spiro atoms. The monoisotopic (exact) mass is 412 g/mol. The lowest BCUT2D eigenvalue weighted by Crippen LogP contribution is -2.17. The zero-order chi connectivity index (χ0) is 18.3. The van der Waals surface area contributed by atoms with E-state index in [0.29, 0.717) is 5.69 Å². The van der Waals surface area contributed by atoms with Crippen molar-refractivity contribution in [2.45, 2.75) is 12.3 Å². The third-order valence-corrected chi connectivity index (χ3v) is 5.25. The second-order valence-electron chi connectivity index (χ2n) is 6.41. The van der Waals surface area contributed by atoms with Crippen LogP contribution in [0.1, 0.15) is 28.4 Å². The fourth-order valence-corrected chi connectivity index (χ4v) is 3.68. The normalized spacial score (nSPS) is 18.5. The predicted molar refractivity (Wildman–Crippen MR) is 103 cm³/mol. The highest BCUT2D eigenvalue weighted by Crippen LogP contribution is 2.48. The predicted octanol–water partition coefficient (Wildman–Crippen LogP) is 4.46. The molecule has 2 aromatic carbocycles. The molecule has 26 heavy (non-hydrogen) atoms. The van der Waals surface area contributed by atoms with Gasteiger partial charge in [-0.25, -0.2) is 4.79 Å². The number of amides is 1. The first-order valence-corrected chi connectivity index (χ1v) is 9.13. The largest absolute Gasteiger partial charge is 0.464 e. The van der Waals surface area contributed by atoms with Crippen molar-refractivity contribution in [2.24, 2.45) is 5.92 Å². The summed E-state index contributed by atoms with van der Waals surface area (Å²) in [5, 5.41) is 3.71. The summed E-state index contributed by atoms with van der Waals surface area (Å²) in [4.78, 5) is 27.9. The van der Waals surface area contributed by atoms with Crippen LogP contribution in [0.4, 0.5) is 5.69 Å². The molecular formula is C20H17BrN2O3. The summed E-state index contributed by atoms with van der Waals surface area (Å²) in [5.41, 5.74) is 2.66. The minimum atomic E-state index is -0.511. The second kappa shape index (κ2) is 6.61. The number of aromatic amines is 1. The van der Waals surface area contributed by atoms with E-state index < -0.39 is 5.97 Å². The number of methoxy groups -OCH3 is 1.